The molecule has 3 aromatic rings. The van der Waals surface area contributed by atoms with E-state index in [0.717, 1.165) is 10.2 Å². The first kappa shape index (κ1) is 14.2. The summed E-state index contributed by atoms with van der Waals surface area (Å²) < 4.78 is 1.00. The molecule has 0 saturated carbocycles. The van der Waals surface area contributed by atoms with Crippen LogP contribution in [0.15, 0.2) is 54.6 Å². The molecule has 0 amide bonds. The quantitative estimate of drug-likeness (QED) is 0.777. The second-order valence-corrected chi connectivity index (χ2v) is 6.07. The average Bonchev–Trinajstić information content (AvgIpc) is 2.98. The first-order valence-electron chi connectivity index (χ1n) is 6.98. The summed E-state index contributed by atoms with van der Waals surface area (Å²) >= 11 is 1.42. The molecule has 2 aromatic carbocycles. The van der Waals surface area contributed by atoms with Gasteiger partial charge in [-0.15, -0.1) is 11.3 Å². The lowest BCUT2D eigenvalue weighted by molar-refractivity contribution is -0.0508. The molecule has 0 aliphatic rings. The molecule has 21 heavy (non-hydrogen) atoms. The summed E-state index contributed by atoms with van der Waals surface area (Å²) in [4.78, 5) is 4.54. The maximum atomic E-state index is 11.2. The molecule has 0 spiro atoms. The van der Waals surface area contributed by atoms with Gasteiger partial charge in [0.05, 0.1) is 16.3 Å². The molecular formula is C17H17NO2S. The number of nitrogens with zero attached hydrogens (tertiary/aromatic N) is 1. The lowest BCUT2D eigenvalue weighted by atomic mass is 9.87. The van der Waals surface area contributed by atoms with Crippen LogP contribution in [0.1, 0.15) is 23.9 Å². The van der Waals surface area contributed by atoms with Crippen LogP contribution in [0, 0.1) is 0 Å². The predicted molar refractivity (Wildman–Crippen MR) is 85.4 cm³/mol. The maximum absolute atomic E-state index is 11.2. The highest BCUT2D eigenvalue weighted by molar-refractivity contribution is 7.18. The van der Waals surface area contributed by atoms with Gasteiger partial charge in [0.25, 0.3) is 0 Å². The molecule has 3 rings (SSSR count). The van der Waals surface area contributed by atoms with E-state index >= 15 is 0 Å². The summed E-state index contributed by atoms with van der Waals surface area (Å²) in [7, 11) is 0. The maximum Gasteiger partial charge on any atom is 0.167 e. The molecule has 0 radical (unpaired) electrons. The van der Waals surface area contributed by atoms with E-state index in [2.05, 4.69) is 4.98 Å². The Kier molecular flexibility index (Phi) is 3.76. The molecule has 0 aliphatic heterocycles. The van der Waals surface area contributed by atoms with Gasteiger partial charge in [-0.25, -0.2) is 4.98 Å². The molecule has 0 saturated heterocycles. The zero-order valence-electron chi connectivity index (χ0n) is 11.7. The van der Waals surface area contributed by atoms with E-state index in [9.17, 15) is 10.2 Å². The van der Waals surface area contributed by atoms with Crippen LogP contribution in [-0.2, 0) is 5.60 Å². The summed E-state index contributed by atoms with van der Waals surface area (Å²) in [5, 5.41) is 22.2. The Morgan fingerprint density at radius 3 is 2.43 bits per heavy atom. The molecule has 0 unspecified atom stereocenters. The van der Waals surface area contributed by atoms with E-state index in [1.54, 1.807) is 0 Å². The second-order valence-electron chi connectivity index (χ2n) is 5.04. The summed E-state index contributed by atoms with van der Waals surface area (Å²) in [5.41, 5.74) is 0.0354. The second kappa shape index (κ2) is 5.56. The van der Waals surface area contributed by atoms with E-state index in [0.29, 0.717) is 17.0 Å². The molecule has 3 nitrogen and oxygen atoms in total. The number of para-hydroxylation sites is 1. The number of fused-ring (bicyclic) bond motifs is 1. The fourth-order valence-corrected chi connectivity index (χ4v) is 3.61. The third kappa shape index (κ3) is 2.35. The normalized spacial score (nSPS) is 15.8. The van der Waals surface area contributed by atoms with Gasteiger partial charge in [0.2, 0.25) is 0 Å². The summed E-state index contributed by atoms with van der Waals surface area (Å²) in [6, 6.07) is 17.0. The fraction of sp³-hybridized carbons (Fsp3) is 0.235. The van der Waals surface area contributed by atoms with Gasteiger partial charge in [-0.3, -0.25) is 0 Å². The summed E-state index contributed by atoms with van der Waals surface area (Å²) in [6.07, 6.45) is -0.457. The van der Waals surface area contributed by atoms with Gasteiger partial charge in [0.1, 0.15) is 5.01 Å². The molecule has 108 valence electrons. The number of thiazole rings is 1. The number of hydrogen-bond donors (Lipinski definition) is 2. The molecule has 0 aliphatic carbocycles. The van der Waals surface area contributed by atoms with Crippen molar-refractivity contribution in [3.05, 3.63) is 65.2 Å². The van der Waals surface area contributed by atoms with Crippen LogP contribution in [0.4, 0.5) is 0 Å². The van der Waals surface area contributed by atoms with E-state index in [-0.39, 0.29) is 0 Å². The van der Waals surface area contributed by atoms with Crippen LogP contribution in [0.5, 0.6) is 0 Å². The Morgan fingerprint density at radius 1 is 1.10 bits per heavy atom. The molecule has 1 heterocycles. The van der Waals surface area contributed by atoms with Gasteiger partial charge in [-0.2, -0.15) is 0 Å². The van der Waals surface area contributed by atoms with E-state index in [1.807, 2.05) is 61.5 Å². The van der Waals surface area contributed by atoms with Crippen LogP contribution in [0.3, 0.4) is 0 Å². The van der Waals surface area contributed by atoms with Crippen LogP contribution in [0.2, 0.25) is 0 Å². The molecular weight excluding hydrogens is 282 g/mol. The predicted octanol–water partition coefficient (Wildman–Crippen LogP) is 3.30. The zero-order valence-corrected chi connectivity index (χ0v) is 12.5. The minimum Gasteiger partial charge on any atom is -0.389 e. The zero-order chi connectivity index (χ0) is 14.9. The Balaban J connectivity index is 2.20. The fourth-order valence-electron chi connectivity index (χ4n) is 2.48. The van der Waals surface area contributed by atoms with Crippen LogP contribution < -0.4 is 0 Å². The van der Waals surface area contributed by atoms with Crippen molar-refractivity contribution in [2.75, 3.05) is 0 Å². The number of aliphatic hydroxyl groups is 2. The largest absolute Gasteiger partial charge is 0.389 e. The molecule has 2 N–H and O–H groups in total. The lowest BCUT2D eigenvalue weighted by Crippen LogP contribution is -2.40. The van der Waals surface area contributed by atoms with Gasteiger partial charge < -0.3 is 10.2 Å². The minimum absolute atomic E-state index is 0.446. The Hall–Kier alpha value is -1.75. The standard InChI is InChI=1S/C17H17NO2S/c1-2-15(19)17(20,12-8-4-3-5-9-12)16-18-13-10-6-7-11-14(13)21-16/h3-11,15,19-20H,2H2,1H3/t15-,17+/m0/s1. The Morgan fingerprint density at radius 2 is 1.76 bits per heavy atom. The minimum atomic E-state index is -1.47. The Bertz CT molecular complexity index is 708. The summed E-state index contributed by atoms with van der Waals surface area (Å²) in [5.74, 6) is 0. The van der Waals surface area contributed by atoms with Crippen molar-refractivity contribution in [2.24, 2.45) is 0 Å². The van der Waals surface area contributed by atoms with Crippen molar-refractivity contribution in [1.29, 1.82) is 0 Å². The van der Waals surface area contributed by atoms with Crippen molar-refractivity contribution >= 4 is 21.6 Å². The highest BCUT2D eigenvalue weighted by Gasteiger charge is 2.41. The van der Waals surface area contributed by atoms with Crippen LogP contribution in [0.25, 0.3) is 10.2 Å². The Labute approximate surface area is 127 Å². The van der Waals surface area contributed by atoms with Gasteiger partial charge in [0.15, 0.2) is 5.60 Å². The van der Waals surface area contributed by atoms with Gasteiger partial charge in [-0.05, 0) is 24.1 Å². The number of hydrogen-bond acceptors (Lipinski definition) is 4. The monoisotopic (exact) mass is 299 g/mol. The lowest BCUT2D eigenvalue weighted by Gasteiger charge is -2.31. The van der Waals surface area contributed by atoms with Crippen molar-refractivity contribution in [3.8, 4) is 0 Å². The SMILES string of the molecule is CC[C@H](O)[C@](O)(c1ccccc1)c1nc2ccccc2s1. The highest BCUT2D eigenvalue weighted by atomic mass is 32.1. The van der Waals surface area contributed by atoms with Crippen LogP contribution in [-0.4, -0.2) is 21.3 Å². The number of aromatic nitrogens is 1. The van der Waals surface area contributed by atoms with Crippen LogP contribution >= 0.6 is 11.3 Å². The van der Waals surface area contributed by atoms with Gasteiger partial charge >= 0.3 is 0 Å². The van der Waals surface area contributed by atoms with Gasteiger partial charge in [0, 0.05) is 0 Å². The molecule has 2 atom stereocenters. The van der Waals surface area contributed by atoms with Crippen molar-refractivity contribution in [1.82, 2.24) is 4.98 Å². The number of benzene rings is 2. The average molecular weight is 299 g/mol. The van der Waals surface area contributed by atoms with Crippen molar-refractivity contribution in [2.45, 2.75) is 25.0 Å². The number of rotatable bonds is 4. The van der Waals surface area contributed by atoms with E-state index < -0.39 is 11.7 Å². The first-order valence-corrected chi connectivity index (χ1v) is 7.80. The number of aliphatic hydroxyl groups excluding tert-OH is 1. The highest BCUT2D eigenvalue weighted by Crippen LogP contribution is 2.38. The van der Waals surface area contributed by atoms with E-state index in [1.165, 1.54) is 11.3 Å². The molecule has 0 bridgehead atoms. The molecule has 0 fully saturated rings. The van der Waals surface area contributed by atoms with Crippen molar-refractivity contribution < 1.29 is 10.2 Å². The molecule has 4 heteroatoms. The third-order valence-electron chi connectivity index (χ3n) is 3.70. The third-order valence-corrected chi connectivity index (χ3v) is 4.86. The smallest absolute Gasteiger partial charge is 0.167 e. The topological polar surface area (TPSA) is 53.4 Å². The van der Waals surface area contributed by atoms with E-state index in [4.69, 9.17) is 0 Å². The first-order chi connectivity index (χ1) is 10.2. The summed E-state index contributed by atoms with van der Waals surface area (Å²) in [6.45, 7) is 1.85. The molecule has 1 aromatic heterocycles. The van der Waals surface area contributed by atoms with Gasteiger partial charge in [-0.1, -0.05) is 49.4 Å². The van der Waals surface area contributed by atoms with Crippen molar-refractivity contribution in [3.63, 3.8) is 0 Å².